The van der Waals surface area contributed by atoms with Crippen molar-refractivity contribution in [3.63, 3.8) is 0 Å². The topological polar surface area (TPSA) is 58.2 Å². The van der Waals surface area contributed by atoms with Crippen molar-refractivity contribution in [2.75, 3.05) is 13.6 Å². The first-order valence-corrected chi connectivity index (χ1v) is 6.84. The molecule has 2 N–H and O–H groups in total. The highest BCUT2D eigenvalue weighted by molar-refractivity contribution is 5.94. The Balaban J connectivity index is 4.11. The summed E-state index contributed by atoms with van der Waals surface area (Å²) in [4.78, 5) is 22.9. The second-order valence-electron chi connectivity index (χ2n) is 4.58. The summed E-state index contributed by atoms with van der Waals surface area (Å²) in [7, 11) is 1.90. The lowest BCUT2D eigenvalue weighted by Gasteiger charge is -2.04. The zero-order chi connectivity index (χ0) is 14.7. The molecule has 0 rings (SSSR count). The van der Waals surface area contributed by atoms with Gasteiger partial charge in [-0.25, -0.2) is 0 Å². The molecular weight excluding hydrogens is 240 g/mol. The predicted octanol–water partition coefficient (Wildman–Crippen LogP) is 2.32. The molecule has 0 atom stereocenters. The standard InChI is InChI=1S/C15H26N2O2/c1-5-14(18)12(2)9-10-13(3)17-15(19)8-6-7-11-16-4/h9-10,16H,5-8,11H2,1-4H3,(H,17,19)/b12-9+,13-10+. The van der Waals surface area contributed by atoms with Crippen molar-refractivity contribution in [2.24, 2.45) is 0 Å². The van der Waals surface area contributed by atoms with Crippen molar-refractivity contribution in [3.8, 4) is 0 Å². The van der Waals surface area contributed by atoms with Crippen molar-refractivity contribution < 1.29 is 9.59 Å². The molecule has 0 aromatic carbocycles. The summed E-state index contributed by atoms with van der Waals surface area (Å²) in [6, 6.07) is 0. The Hall–Kier alpha value is -1.42. The number of unbranched alkanes of at least 4 members (excludes halogenated alkanes) is 1. The second-order valence-corrected chi connectivity index (χ2v) is 4.58. The first-order chi connectivity index (χ1) is 9.01. The van der Waals surface area contributed by atoms with Gasteiger partial charge in [0.05, 0.1) is 0 Å². The average Bonchev–Trinajstić information content (AvgIpc) is 2.40. The molecule has 4 heteroatoms. The molecule has 0 heterocycles. The third kappa shape index (κ3) is 9.19. The molecule has 0 radical (unpaired) electrons. The lowest BCUT2D eigenvalue weighted by Crippen LogP contribution is -2.21. The second kappa shape index (κ2) is 10.5. The highest BCUT2D eigenvalue weighted by Crippen LogP contribution is 2.01. The largest absolute Gasteiger partial charge is 0.330 e. The summed E-state index contributed by atoms with van der Waals surface area (Å²) >= 11 is 0. The van der Waals surface area contributed by atoms with E-state index >= 15 is 0 Å². The minimum absolute atomic E-state index is 0.0257. The summed E-state index contributed by atoms with van der Waals surface area (Å²) in [6.45, 7) is 6.38. The minimum atomic E-state index is 0.0257. The highest BCUT2D eigenvalue weighted by Gasteiger charge is 2.02. The minimum Gasteiger partial charge on any atom is -0.330 e. The van der Waals surface area contributed by atoms with Crippen LogP contribution < -0.4 is 10.6 Å². The zero-order valence-corrected chi connectivity index (χ0v) is 12.5. The van der Waals surface area contributed by atoms with Crippen LogP contribution in [0.4, 0.5) is 0 Å². The van der Waals surface area contributed by atoms with E-state index in [2.05, 4.69) is 10.6 Å². The van der Waals surface area contributed by atoms with Crippen LogP contribution in [0.5, 0.6) is 0 Å². The van der Waals surface area contributed by atoms with Crippen LogP contribution >= 0.6 is 0 Å². The van der Waals surface area contributed by atoms with E-state index in [0.717, 1.165) is 25.1 Å². The Labute approximate surface area is 116 Å². The molecule has 1 amide bonds. The van der Waals surface area contributed by atoms with Gasteiger partial charge in [-0.3, -0.25) is 9.59 Å². The first-order valence-electron chi connectivity index (χ1n) is 6.84. The number of carbonyl (C=O) groups excluding carboxylic acids is 2. The molecule has 0 saturated carbocycles. The molecule has 0 aliphatic rings. The molecule has 108 valence electrons. The predicted molar refractivity (Wildman–Crippen MR) is 78.7 cm³/mol. The summed E-state index contributed by atoms with van der Waals surface area (Å²) in [5.74, 6) is 0.153. The molecule has 0 fully saturated rings. The van der Waals surface area contributed by atoms with Crippen molar-refractivity contribution >= 4 is 11.7 Å². The zero-order valence-electron chi connectivity index (χ0n) is 12.5. The molecule has 0 aromatic heterocycles. The van der Waals surface area contributed by atoms with Crippen LogP contribution in [0.15, 0.2) is 23.4 Å². The SMILES string of the molecule is CCC(=O)/C(C)=C/C=C(\C)NC(=O)CCCCNC. The van der Waals surface area contributed by atoms with Crippen LogP contribution in [0.3, 0.4) is 0 Å². The molecule has 0 bridgehead atoms. The van der Waals surface area contributed by atoms with Gasteiger partial charge >= 0.3 is 0 Å². The monoisotopic (exact) mass is 266 g/mol. The van der Waals surface area contributed by atoms with Crippen LogP contribution in [-0.4, -0.2) is 25.3 Å². The highest BCUT2D eigenvalue weighted by atomic mass is 16.1. The number of amides is 1. The molecule has 0 aliphatic carbocycles. The van der Waals surface area contributed by atoms with E-state index in [1.807, 2.05) is 20.9 Å². The lowest BCUT2D eigenvalue weighted by molar-refractivity contribution is -0.120. The van der Waals surface area contributed by atoms with Crippen LogP contribution in [0.2, 0.25) is 0 Å². The van der Waals surface area contributed by atoms with E-state index in [4.69, 9.17) is 0 Å². The van der Waals surface area contributed by atoms with E-state index in [-0.39, 0.29) is 11.7 Å². The van der Waals surface area contributed by atoms with E-state index in [9.17, 15) is 9.59 Å². The Morgan fingerprint density at radius 2 is 1.79 bits per heavy atom. The fraction of sp³-hybridized carbons (Fsp3) is 0.600. The normalized spacial score (nSPS) is 12.4. The third-order valence-corrected chi connectivity index (χ3v) is 2.76. The van der Waals surface area contributed by atoms with Gasteiger partial charge in [-0.05, 0) is 51.9 Å². The molecule has 4 nitrogen and oxygen atoms in total. The average molecular weight is 266 g/mol. The van der Waals surface area contributed by atoms with Gasteiger partial charge in [-0.1, -0.05) is 13.0 Å². The number of ketones is 1. The molecule has 0 unspecified atom stereocenters. The van der Waals surface area contributed by atoms with Crippen molar-refractivity contribution in [2.45, 2.75) is 46.5 Å². The lowest BCUT2D eigenvalue weighted by atomic mass is 10.1. The Kier molecular flexibility index (Phi) is 9.71. The van der Waals surface area contributed by atoms with Crippen LogP contribution in [-0.2, 0) is 9.59 Å². The van der Waals surface area contributed by atoms with E-state index in [1.165, 1.54) is 0 Å². The van der Waals surface area contributed by atoms with Crippen LogP contribution in [0, 0.1) is 0 Å². The van der Waals surface area contributed by atoms with Gasteiger partial charge in [0.15, 0.2) is 5.78 Å². The molecule has 0 aromatic rings. The fourth-order valence-corrected chi connectivity index (χ4v) is 1.53. The maximum absolute atomic E-state index is 11.6. The van der Waals surface area contributed by atoms with Crippen molar-refractivity contribution in [3.05, 3.63) is 23.4 Å². The van der Waals surface area contributed by atoms with Gasteiger partial charge in [-0.2, -0.15) is 0 Å². The number of allylic oxidation sites excluding steroid dienone is 4. The summed E-state index contributed by atoms with van der Waals surface area (Å²) < 4.78 is 0. The summed E-state index contributed by atoms with van der Waals surface area (Å²) in [5, 5.41) is 5.86. The van der Waals surface area contributed by atoms with E-state index < -0.39 is 0 Å². The van der Waals surface area contributed by atoms with E-state index in [1.54, 1.807) is 19.1 Å². The number of rotatable bonds is 9. The van der Waals surface area contributed by atoms with Crippen LogP contribution in [0.25, 0.3) is 0 Å². The van der Waals surface area contributed by atoms with Crippen molar-refractivity contribution in [1.29, 1.82) is 0 Å². The summed E-state index contributed by atoms with van der Waals surface area (Å²) in [6.07, 6.45) is 6.44. The summed E-state index contributed by atoms with van der Waals surface area (Å²) in [5.41, 5.74) is 1.48. The first kappa shape index (κ1) is 17.6. The maximum atomic E-state index is 11.6. The number of nitrogens with one attached hydrogen (secondary N) is 2. The van der Waals surface area contributed by atoms with Gasteiger partial charge in [0.25, 0.3) is 0 Å². The van der Waals surface area contributed by atoms with Gasteiger partial charge in [-0.15, -0.1) is 0 Å². The number of carbonyl (C=O) groups is 2. The van der Waals surface area contributed by atoms with Gasteiger partial charge in [0.1, 0.15) is 0 Å². The number of Topliss-reactive ketones (excluding diaryl/α,β-unsaturated/α-hetero) is 1. The molecule has 0 aliphatic heterocycles. The number of hydrogen-bond donors (Lipinski definition) is 2. The Morgan fingerprint density at radius 1 is 1.11 bits per heavy atom. The Morgan fingerprint density at radius 3 is 2.37 bits per heavy atom. The smallest absolute Gasteiger partial charge is 0.224 e. The molecule has 0 spiro atoms. The molecular formula is C15H26N2O2. The Bertz CT molecular complexity index is 357. The van der Waals surface area contributed by atoms with Crippen LogP contribution in [0.1, 0.15) is 46.5 Å². The van der Waals surface area contributed by atoms with Gasteiger partial charge in [0.2, 0.25) is 5.91 Å². The van der Waals surface area contributed by atoms with Gasteiger partial charge in [0, 0.05) is 18.5 Å². The molecule has 19 heavy (non-hydrogen) atoms. The van der Waals surface area contributed by atoms with Crippen molar-refractivity contribution in [1.82, 2.24) is 10.6 Å². The van der Waals surface area contributed by atoms with E-state index in [0.29, 0.717) is 18.4 Å². The maximum Gasteiger partial charge on any atom is 0.224 e. The third-order valence-electron chi connectivity index (χ3n) is 2.76. The quantitative estimate of drug-likeness (QED) is 0.382. The fourth-order valence-electron chi connectivity index (χ4n) is 1.53. The number of hydrogen-bond acceptors (Lipinski definition) is 3. The van der Waals surface area contributed by atoms with Gasteiger partial charge < -0.3 is 10.6 Å². The molecule has 0 saturated heterocycles.